The zero-order valence-electron chi connectivity index (χ0n) is 17.8. The first kappa shape index (κ1) is 19.5. The van der Waals surface area contributed by atoms with Crippen LogP contribution in [0, 0.1) is 6.92 Å². The summed E-state index contributed by atoms with van der Waals surface area (Å²) in [4.78, 5) is 9.31. The summed E-state index contributed by atoms with van der Waals surface area (Å²) in [5.41, 5.74) is 6.04. The highest BCUT2D eigenvalue weighted by Gasteiger charge is 2.18. The highest BCUT2D eigenvalue weighted by Crippen LogP contribution is 2.34. The van der Waals surface area contributed by atoms with Crippen LogP contribution in [0.25, 0.3) is 16.8 Å². The third-order valence-corrected chi connectivity index (χ3v) is 5.94. The van der Waals surface area contributed by atoms with Gasteiger partial charge in [0.05, 0.1) is 30.2 Å². The van der Waals surface area contributed by atoms with Crippen LogP contribution in [0.4, 0.5) is 11.6 Å². The Kier molecular flexibility index (Phi) is 5.26. The molecule has 0 saturated carbocycles. The van der Waals surface area contributed by atoms with E-state index in [4.69, 9.17) is 9.72 Å². The first-order valence-corrected chi connectivity index (χ1v) is 10.6. The first-order valence-electron chi connectivity index (χ1n) is 10.6. The van der Waals surface area contributed by atoms with E-state index in [-0.39, 0.29) is 0 Å². The number of nitrogens with one attached hydrogen (secondary N) is 2. The van der Waals surface area contributed by atoms with Crippen molar-refractivity contribution in [3.63, 3.8) is 0 Å². The fraction of sp³-hybridized carbons (Fsp3) is 0.292. The fourth-order valence-corrected chi connectivity index (χ4v) is 4.23. The standard InChI is InChI=1S/C24H26N6O/c1-16-14-26-24(29-23(16)19-15-27-30-12-4-3-5-21(19)30)28-20-7-6-18(13-22(20)31-2)17-8-10-25-11-9-17/h3-7,12-15,17,25H,8-11H2,1-2H3,(H,26,28,29). The second kappa shape index (κ2) is 8.35. The van der Waals surface area contributed by atoms with Crippen LogP contribution in [0.3, 0.4) is 0 Å². The van der Waals surface area contributed by atoms with Gasteiger partial charge < -0.3 is 15.4 Å². The minimum absolute atomic E-state index is 0.531. The molecule has 0 atom stereocenters. The molecule has 0 spiro atoms. The number of aromatic nitrogens is 4. The molecule has 31 heavy (non-hydrogen) atoms. The average molecular weight is 415 g/mol. The van der Waals surface area contributed by atoms with Crippen molar-refractivity contribution in [1.29, 1.82) is 0 Å². The molecule has 1 aliphatic rings. The molecule has 1 aromatic carbocycles. The highest BCUT2D eigenvalue weighted by molar-refractivity contribution is 5.79. The van der Waals surface area contributed by atoms with E-state index in [1.165, 1.54) is 5.56 Å². The van der Waals surface area contributed by atoms with Crippen molar-refractivity contribution in [2.24, 2.45) is 0 Å². The molecule has 4 aromatic rings. The molecule has 0 aliphatic carbocycles. The molecule has 4 heterocycles. The minimum Gasteiger partial charge on any atom is -0.495 e. The maximum absolute atomic E-state index is 5.69. The van der Waals surface area contributed by atoms with Gasteiger partial charge in [0.15, 0.2) is 0 Å². The van der Waals surface area contributed by atoms with Crippen LogP contribution < -0.4 is 15.4 Å². The maximum Gasteiger partial charge on any atom is 0.227 e. The monoisotopic (exact) mass is 414 g/mol. The first-order chi connectivity index (χ1) is 15.2. The number of aryl methyl sites for hydroxylation is 1. The molecule has 3 aromatic heterocycles. The molecule has 1 aliphatic heterocycles. The molecule has 5 rings (SSSR count). The number of hydrogen-bond donors (Lipinski definition) is 2. The van der Waals surface area contributed by atoms with Crippen LogP contribution in [0.5, 0.6) is 5.75 Å². The maximum atomic E-state index is 5.69. The molecular weight excluding hydrogens is 388 g/mol. The highest BCUT2D eigenvalue weighted by atomic mass is 16.5. The van der Waals surface area contributed by atoms with Gasteiger partial charge in [0.25, 0.3) is 0 Å². The number of piperidine rings is 1. The number of anilines is 2. The van der Waals surface area contributed by atoms with E-state index in [9.17, 15) is 0 Å². The predicted molar refractivity (Wildman–Crippen MR) is 122 cm³/mol. The molecule has 7 heteroatoms. The Morgan fingerprint density at radius 2 is 2.00 bits per heavy atom. The van der Waals surface area contributed by atoms with E-state index < -0.39 is 0 Å². The summed E-state index contributed by atoms with van der Waals surface area (Å²) in [6.45, 7) is 4.15. The Labute approximate surface area is 181 Å². The SMILES string of the molecule is COc1cc(C2CCNCC2)ccc1Nc1ncc(C)c(-c2cnn3ccccc23)n1. The summed E-state index contributed by atoms with van der Waals surface area (Å²) >= 11 is 0. The second-order valence-electron chi connectivity index (χ2n) is 7.92. The number of pyridine rings is 1. The summed E-state index contributed by atoms with van der Waals surface area (Å²) < 4.78 is 7.54. The lowest BCUT2D eigenvalue weighted by Crippen LogP contribution is -2.26. The smallest absolute Gasteiger partial charge is 0.227 e. The van der Waals surface area contributed by atoms with Crippen LogP contribution in [-0.4, -0.2) is 39.8 Å². The van der Waals surface area contributed by atoms with E-state index in [1.54, 1.807) is 7.11 Å². The molecule has 158 valence electrons. The summed E-state index contributed by atoms with van der Waals surface area (Å²) in [5.74, 6) is 1.91. The second-order valence-corrected chi connectivity index (χ2v) is 7.92. The van der Waals surface area contributed by atoms with Gasteiger partial charge in [0.1, 0.15) is 5.75 Å². The van der Waals surface area contributed by atoms with Gasteiger partial charge >= 0.3 is 0 Å². The Hall–Kier alpha value is -3.45. The number of ether oxygens (including phenoxy) is 1. The Morgan fingerprint density at radius 1 is 1.13 bits per heavy atom. The van der Waals surface area contributed by atoms with E-state index in [1.807, 2.05) is 48.2 Å². The van der Waals surface area contributed by atoms with Crippen LogP contribution in [0.1, 0.15) is 29.9 Å². The van der Waals surface area contributed by atoms with Crippen LogP contribution in [-0.2, 0) is 0 Å². The fourth-order valence-electron chi connectivity index (χ4n) is 4.23. The molecule has 0 radical (unpaired) electrons. The van der Waals surface area contributed by atoms with Gasteiger partial charge in [-0.05, 0) is 74.2 Å². The summed E-state index contributed by atoms with van der Waals surface area (Å²) in [6, 6.07) is 12.4. The van der Waals surface area contributed by atoms with E-state index in [2.05, 4.69) is 38.9 Å². The van der Waals surface area contributed by atoms with Gasteiger partial charge in [-0.1, -0.05) is 12.1 Å². The molecule has 1 fully saturated rings. The average Bonchev–Trinajstić information content (AvgIpc) is 3.25. The van der Waals surface area contributed by atoms with E-state index in [0.29, 0.717) is 11.9 Å². The Balaban J connectivity index is 1.46. The van der Waals surface area contributed by atoms with Crippen molar-refractivity contribution in [2.45, 2.75) is 25.7 Å². The zero-order chi connectivity index (χ0) is 21.2. The molecule has 0 bridgehead atoms. The Bertz CT molecular complexity index is 1210. The Morgan fingerprint density at radius 3 is 2.84 bits per heavy atom. The summed E-state index contributed by atoms with van der Waals surface area (Å²) in [7, 11) is 1.70. The van der Waals surface area contributed by atoms with Crippen LogP contribution in [0.2, 0.25) is 0 Å². The summed E-state index contributed by atoms with van der Waals surface area (Å²) in [5, 5.41) is 11.2. The van der Waals surface area contributed by atoms with Gasteiger partial charge in [-0.15, -0.1) is 0 Å². The lowest BCUT2D eigenvalue weighted by molar-refractivity contribution is 0.413. The number of nitrogens with zero attached hydrogens (tertiary/aromatic N) is 4. The predicted octanol–water partition coefficient (Wildman–Crippen LogP) is 4.32. The quantitative estimate of drug-likeness (QED) is 0.507. The van der Waals surface area contributed by atoms with Gasteiger partial charge in [-0.2, -0.15) is 5.10 Å². The largest absolute Gasteiger partial charge is 0.495 e. The summed E-state index contributed by atoms with van der Waals surface area (Å²) in [6.07, 6.45) is 7.93. The lowest BCUT2D eigenvalue weighted by Gasteiger charge is -2.24. The number of methoxy groups -OCH3 is 1. The van der Waals surface area contributed by atoms with E-state index >= 15 is 0 Å². The molecule has 7 nitrogen and oxygen atoms in total. The van der Waals surface area contributed by atoms with Crippen molar-refractivity contribution < 1.29 is 4.74 Å². The van der Waals surface area contributed by atoms with Crippen molar-refractivity contribution in [3.8, 4) is 17.0 Å². The number of benzene rings is 1. The zero-order valence-corrected chi connectivity index (χ0v) is 17.8. The topological polar surface area (TPSA) is 76.4 Å². The molecule has 0 unspecified atom stereocenters. The van der Waals surface area contributed by atoms with Gasteiger partial charge in [-0.3, -0.25) is 0 Å². The molecule has 0 amide bonds. The third-order valence-electron chi connectivity index (χ3n) is 5.94. The van der Waals surface area contributed by atoms with Crippen molar-refractivity contribution in [1.82, 2.24) is 24.9 Å². The van der Waals surface area contributed by atoms with Gasteiger partial charge in [0, 0.05) is 18.0 Å². The number of rotatable bonds is 5. The van der Waals surface area contributed by atoms with Crippen LogP contribution in [0.15, 0.2) is 55.0 Å². The molecular formula is C24H26N6O. The van der Waals surface area contributed by atoms with Crippen LogP contribution >= 0.6 is 0 Å². The minimum atomic E-state index is 0.531. The van der Waals surface area contributed by atoms with Crippen molar-refractivity contribution in [2.75, 3.05) is 25.5 Å². The van der Waals surface area contributed by atoms with E-state index in [0.717, 1.165) is 59.7 Å². The van der Waals surface area contributed by atoms with Gasteiger partial charge in [0.2, 0.25) is 5.95 Å². The number of hydrogen-bond acceptors (Lipinski definition) is 6. The van der Waals surface area contributed by atoms with Crippen molar-refractivity contribution >= 4 is 17.2 Å². The molecule has 2 N–H and O–H groups in total. The third kappa shape index (κ3) is 3.84. The van der Waals surface area contributed by atoms with Crippen molar-refractivity contribution in [3.05, 3.63) is 66.1 Å². The molecule has 1 saturated heterocycles. The van der Waals surface area contributed by atoms with Gasteiger partial charge in [-0.25, -0.2) is 14.5 Å². The lowest BCUT2D eigenvalue weighted by atomic mass is 9.90. The normalized spacial score (nSPS) is 14.6. The number of fused-ring (bicyclic) bond motifs is 1.